The molecule has 0 radical (unpaired) electrons. The Morgan fingerprint density at radius 1 is 1.50 bits per heavy atom. The molecule has 1 aromatic carbocycles. The van der Waals surface area contributed by atoms with Crippen LogP contribution in [0.3, 0.4) is 0 Å². The Labute approximate surface area is 114 Å². The summed E-state index contributed by atoms with van der Waals surface area (Å²) < 4.78 is 4.94. The first-order valence-electron chi connectivity index (χ1n) is 5.70. The highest BCUT2D eigenvalue weighted by molar-refractivity contribution is 5.97. The van der Waals surface area contributed by atoms with E-state index in [4.69, 9.17) is 9.84 Å². The minimum atomic E-state index is -1.03. The first-order valence-corrected chi connectivity index (χ1v) is 5.70. The van der Waals surface area contributed by atoms with Gasteiger partial charge in [0.2, 0.25) is 0 Å². The standard InChI is InChI=1S/C12H14N2O6/c1-7(5-11(15)16)13-12(17)9-4-3-8(14(18)19)6-10(9)20-2/h3-4,6-7H,5H2,1-2H3,(H,13,17)(H,15,16). The third-order valence-corrected chi connectivity index (χ3v) is 2.50. The summed E-state index contributed by atoms with van der Waals surface area (Å²) in [6.07, 6.45) is -0.221. The van der Waals surface area contributed by atoms with Crippen molar-refractivity contribution in [1.29, 1.82) is 0 Å². The molecule has 8 nitrogen and oxygen atoms in total. The van der Waals surface area contributed by atoms with Crippen LogP contribution in [0.4, 0.5) is 5.69 Å². The minimum Gasteiger partial charge on any atom is -0.496 e. The second-order valence-corrected chi connectivity index (χ2v) is 4.11. The molecule has 0 aromatic heterocycles. The van der Waals surface area contributed by atoms with Crippen molar-refractivity contribution in [2.45, 2.75) is 19.4 Å². The van der Waals surface area contributed by atoms with Crippen molar-refractivity contribution in [3.8, 4) is 5.75 Å². The van der Waals surface area contributed by atoms with Gasteiger partial charge in [0.25, 0.3) is 11.6 Å². The summed E-state index contributed by atoms with van der Waals surface area (Å²) in [7, 11) is 1.29. The summed E-state index contributed by atoms with van der Waals surface area (Å²) in [5.41, 5.74) is -0.0904. The fourth-order valence-corrected chi connectivity index (χ4v) is 1.60. The number of methoxy groups -OCH3 is 1. The molecule has 1 atom stereocenters. The molecule has 0 fully saturated rings. The molecule has 108 valence electrons. The van der Waals surface area contributed by atoms with Crippen molar-refractivity contribution in [2.24, 2.45) is 0 Å². The Morgan fingerprint density at radius 3 is 2.65 bits per heavy atom. The molecule has 0 heterocycles. The topological polar surface area (TPSA) is 119 Å². The number of hydrogen-bond acceptors (Lipinski definition) is 5. The number of nitrogens with zero attached hydrogens (tertiary/aromatic N) is 1. The molecule has 1 aromatic rings. The number of nitro groups is 1. The molecule has 0 saturated carbocycles. The zero-order valence-corrected chi connectivity index (χ0v) is 11.0. The van der Waals surface area contributed by atoms with Crippen molar-refractivity contribution in [3.63, 3.8) is 0 Å². The lowest BCUT2D eigenvalue weighted by atomic mass is 10.1. The van der Waals surface area contributed by atoms with E-state index in [0.717, 1.165) is 6.07 Å². The number of hydrogen-bond donors (Lipinski definition) is 2. The van der Waals surface area contributed by atoms with E-state index in [2.05, 4.69) is 5.32 Å². The van der Waals surface area contributed by atoms with Crippen LogP contribution in [0, 0.1) is 10.1 Å². The van der Waals surface area contributed by atoms with Gasteiger partial charge in [-0.15, -0.1) is 0 Å². The van der Waals surface area contributed by atoms with E-state index < -0.39 is 22.8 Å². The van der Waals surface area contributed by atoms with Gasteiger partial charge in [0, 0.05) is 12.1 Å². The largest absolute Gasteiger partial charge is 0.496 e. The molecule has 0 aliphatic carbocycles. The van der Waals surface area contributed by atoms with Gasteiger partial charge in [-0.05, 0) is 13.0 Å². The highest BCUT2D eigenvalue weighted by Crippen LogP contribution is 2.24. The van der Waals surface area contributed by atoms with Gasteiger partial charge < -0.3 is 15.2 Å². The normalized spacial score (nSPS) is 11.5. The third-order valence-electron chi connectivity index (χ3n) is 2.50. The molecule has 2 N–H and O–H groups in total. The van der Waals surface area contributed by atoms with Gasteiger partial charge in [0.15, 0.2) is 0 Å². The second kappa shape index (κ2) is 6.50. The molecule has 1 unspecified atom stereocenters. The van der Waals surface area contributed by atoms with Gasteiger partial charge in [-0.25, -0.2) is 0 Å². The van der Waals surface area contributed by atoms with Crippen molar-refractivity contribution < 1.29 is 24.4 Å². The number of nitro benzene ring substituents is 1. The number of amides is 1. The van der Waals surface area contributed by atoms with Crippen molar-refractivity contribution in [2.75, 3.05) is 7.11 Å². The van der Waals surface area contributed by atoms with Crippen LogP contribution < -0.4 is 10.1 Å². The van der Waals surface area contributed by atoms with E-state index in [0.29, 0.717) is 0 Å². The fourth-order valence-electron chi connectivity index (χ4n) is 1.60. The molecular weight excluding hydrogens is 268 g/mol. The summed E-state index contributed by atoms with van der Waals surface area (Å²) in [4.78, 5) is 32.5. The summed E-state index contributed by atoms with van der Waals surface area (Å²) in [5, 5.41) is 21.7. The Morgan fingerprint density at radius 2 is 2.15 bits per heavy atom. The summed E-state index contributed by atoms with van der Waals surface area (Å²) in [6, 6.07) is 3.01. The lowest BCUT2D eigenvalue weighted by Gasteiger charge is -2.13. The SMILES string of the molecule is COc1cc([N+](=O)[O-])ccc1C(=O)NC(C)CC(=O)O. The monoisotopic (exact) mass is 282 g/mol. The van der Waals surface area contributed by atoms with E-state index in [9.17, 15) is 19.7 Å². The molecule has 0 bridgehead atoms. The zero-order chi connectivity index (χ0) is 15.3. The highest BCUT2D eigenvalue weighted by atomic mass is 16.6. The van der Waals surface area contributed by atoms with E-state index in [1.54, 1.807) is 6.92 Å². The predicted octanol–water partition coefficient (Wildman–Crippen LogP) is 1.20. The van der Waals surface area contributed by atoms with Gasteiger partial charge in [-0.1, -0.05) is 0 Å². The molecule has 0 aliphatic heterocycles. The minimum absolute atomic E-state index is 0.0548. The maximum Gasteiger partial charge on any atom is 0.305 e. The Bertz CT molecular complexity index is 543. The number of carboxylic acid groups (broad SMARTS) is 1. The molecule has 8 heteroatoms. The first kappa shape index (κ1) is 15.4. The molecular formula is C12H14N2O6. The first-order chi connectivity index (χ1) is 9.35. The smallest absolute Gasteiger partial charge is 0.305 e. The fraction of sp³-hybridized carbons (Fsp3) is 0.333. The lowest BCUT2D eigenvalue weighted by molar-refractivity contribution is -0.384. The molecule has 20 heavy (non-hydrogen) atoms. The van der Waals surface area contributed by atoms with E-state index in [-0.39, 0.29) is 23.4 Å². The van der Waals surface area contributed by atoms with Gasteiger partial charge in [-0.3, -0.25) is 19.7 Å². The van der Waals surface area contributed by atoms with E-state index in [1.165, 1.54) is 19.2 Å². The summed E-state index contributed by atoms with van der Waals surface area (Å²) in [6.45, 7) is 1.55. The number of carboxylic acids is 1. The van der Waals surface area contributed by atoms with Crippen molar-refractivity contribution >= 4 is 17.6 Å². The lowest BCUT2D eigenvalue weighted by Crippen LogP contribution is -2.34. The Balaban J connectivity index is 2.92. The van der Waals surface area contributed by atoms with Gasteiger partial charge >= 0.3 is 5.97 Å². The van der Waals surface area contributed by atoms with Crippen molar-refractivity contribution in [3.05, 3.63) is 33.9 Å². The number of carbonyl (C=O) groups is 2. The second-order valence-electron chi connectivity index (χ2n) is 4.11. The van der Waals surface area contributed by atoms with Gasteiger partial charge in [0.1, 0.15) is 5.75 Å². The Kier molecular flexibility index (Phi) is 5.01. The summed E-state index contributed by atoms with van der Waals surface area (Å²) >= 11 is 0. The van der Waals surface area contributed by atoms with Crippen LogP contribution in [0.15, 0.2) is 18.2 Å². The van der Waals surface area contributed by atoms with Crippen molar-refractivity contribution in [1.82, 2.24) is 5.32 Å². The van der Waals surface area contributed by atoms with Crippen LogP contribution in [0.5, 0.6) is 5.75 Å². The van der Waals surface area contributed by atoms with Gasteiger partial charge in [-0.2, -0.15) is 0 Å². The maximum atomic E-state index is 11.9. The van der Waals surface area contributed by atoms with Crippen LogP contribution in [-0.2, 0) is 4.79 Å². The number of aliphatic carboxylic acids is 1. The zero-order valence-electron chi connectivity index (χ0n) is 11.0. The van der Waals surface area contributed by atoms with Gasteiger partial charge in [0.05, 0.1) is 30.1 Å². The quantitative estimate of drug-likeness (QED) is 0.597. The van der Waals surface area contributed by atoms with Crippen LogP contribution in [0.25, 0.3) is 0 Å². The number of benzene rings is 1. The molecule has 0 aliphatic rings. The Hall–Kier alpha value is -2.64. The summed E-state index contributed by atoms with van der Waals surface area (Å²) in [5.74, 6) is -1.53. The van der Waals surface area contributed by atoms with Crippen LogP contribution in [-0.4, -0.2) is 35.1 Å². The van der Waals surface area contributed by atoms with Crippen LogP contribution in [0.1, 0.15) is 23.7 Å². The van der Waals surface area contributed by atoms with E-state index >= 15 is 0 Å². The molecule has 0 saturated heterocycles. The maximum absolute atomic E-state index is 11.9. The average molecular weight is 282 g/mol. The molecule has 0 spiro atoms. The molecule has 1 rings (SSSR count). The third kappa shape index (κ3) is 3.94. The van der Waals surface area contributed by atoms with Crippen LogP contribution >= 0.6 is 0 Å². The number of nitrogens with one attached hydrogen (secondary N) is 1. The predicted molar refractivity (Wildman–Crippen MR) is 68.8 cm³/mol. The number of ether oxygens (including phenoxy) is 1. The number of rotatable bonds is 6. The average Bonchev–Trinajstić information content (AvgIpc) is 2.36. The van der Waals surface area contributed by atoms with E-state index in [1.807, 2.05) is 0 Å². The number of carbonyl (C=O) groups excluding carboxylic acids is 1. The molecule has 1 amide bonds. The number of non-ortho nitro benzene ring substituents is 1. The highest BCUT2D eigenvalue weighted by Gasteiger charge is 2.19. The van der Waals surface area contributed by atoms with Crippen LogP contribution in [0.2, 0.25) is 0 Å².